The van der Waals surface area contributed by atoms with Crippen molar-refractivity contribution >= 4 is 17.2 Å². The van der Waals surface area contributed by atoms with Gasteiger partial charge in [0, 0.05) is 11.5 Å². The molecule has 1 aliphatic rings. The summed E-state index contributed by atoms with van der Waals surface area (Å²) in [6.07, 6.45) is 0. The summed E-state index contributed by atoms with van der Waals surface area (Å²) in [5, 5.41) is 9.06. The fourth-order valence-corrected chi connectivity index (χ4v) is 2.02. The lowest BCUT2D eigenvalue weighted by Crippen LogP contribution is -2.05. The van der Waals surface area contributed by atoms with Crippen LogP contribution in [0, 0.1) is 13.8 Å². The van der Waals surface area contributed by atoms with Crippen molar-refractivity contribution in [2.24, 2.45) is 0 Å². The Morgan fingerprint density at radius 2 is 1.14 bits per heavy atom. The van der Waals surface area contributed by atoms with Crippen molar-refractivity contribution < 1.29 is 9.61 Å². The molecule has 2 aromatic rings. The van der Waals surface area contributed by atoms with Gasteiger partial charge in [-0.25, -0.2) is 0 Å². The fourth-order valence-electron chi connectivity index (χ4n) is 2.02. The quantitative estimate of drug-likeness (QED) is 0.576. The van der Waals surface area contributed by atoms with Gasteiger partial charge in [0.05, 0.1) is 5.69 Å². The maximum Gasteiger partial charge on any atom is 0.0564 e. The summed E-state index contributed by atoms with van der Waals surface area (Å²) in [6, 6.07) is 15.8. The van der Waals surface area contributed by atoms with Gasteiger partial charge >= 0.3 is 0 Å². The van der Waals surface area contributed by atoms with Gasteiger partial charge in [-0.2, -0.15) is 0 Å². The van der Waals surface area contributed by atoms with Crippen molar-refractivity contribution in [3.05, 3.63) is 81.7 Å². The Labute approximate surface area is 123 Å². The van der Waals surface area contributed by atoms with Gasteiger partial charge in [0.1, 0.15) is 0 Å². The van der Waals surface area contributed by atoms with Crippen LogP contribution in [0.3, 0.4) is 0 Å². The summed E-state index contributed by atoms with van der Waals surface area (Å²) in [5.41, 5.74) is 12.5. The minimum absolute atomic E-state index is 0.135. The Kier molecular flexibility index (Phi) is 3.26. The van der Waals surface area contributed by atoms with Gasteiger partial charge in [0.25, 0.3) is 0 Å². The van der Waals surface area contributed by atoms with Gasteiger partial charge in [-0.05, 0) is 26.0 Å². The maximum atomic E-state index is 9.06. The van der Waals surface area contributed by atoms with Crippen LogP contribution in [0.2, 0.25) is 0 Å². The summed E-state index contributed by atoms with van der Waals surface area (Å²) >= 11 is 0. The van der Waals surface area contributed by atoms with Gasteiger partial charge in [0.15, 0.2) is 0 Å². The molecule has 5 heteroatoms. The number of nitrogens with zero attached hydrogens (tertiary/aromatic N) is 5. The average molecular weight is 276 g/mol. The molecule has 3 rings (SSSR count). The standard InChI is InChI=1S/C16H14N5/c1-12-3-7-14(8-4-12)20-18-16(11-17)19-21(20)15-9-5-13(2)6-10-15/h3-10H,1-2H3/q-1. The van der Waals surface area contributed by atoms with E-state index in [9.17, 15) is 0 Å². The Hall–Kier alpha value is -2.91. The molecule has 0 saturated carbocycles. The zero-order valence-electron chi connectivity index (χ0n) is 11.9. The van der Waals surface area contributed by atoms with Crippen LogP contribution in [0.4, 0.5) is 11.4 Å². The van der Waals surface area contributed by atoms with Crippen LogP contribution in [0.15, 0.2) is 54.4 Å². The monoisotopic (exact) mass is 276 g/mol. The van der Waals surface area contributed by atoms with E-state index in [1.54, 1.807) is 9.61 Å². The van der Waals surface area contributed by atoms with Gasteiger partial charge in [0.2, 0.25) is 0 Å². The third-order valence-electron chi connectivity index (χ3n) is 3.19. The lowest BCUT2D eigenvalue weighted by atomic mass is 10.2. The normalized spacial score (nSPS) is 13.7. The van der Waals surface area contributed by atoms with E-state index in [4.69, 9.17) is 5.41 Å². The first-order valence-corrected chi connectivity index (χ1v) is 6.61. The van der Waals surface area contributed by atoms with Crippen LogP contribution in [0.25, 0.3) is 16.3 Å². The summed E-state index contributed by atoms with van der Waals surface area (Å²) < 4.78 is 0. The van der Waals surface area contributed by atoms with E-state index in [0.717, 1.165) is 11.4 Å². The molecule has 0 saturated heterocycles. The van der Waals surface area contributed by atoms with E-state index in [-0.39, 0.29) is 5.82 Å². The van der Waals surface area contributed by atoms with E-state index in [1.807, 2.05) is 68.2 Å². The van der Waals surface area contributed by atoms with Crippen LogP contribution in [0.5, 0.6) is 0 Å². The minimum Gasteiger partial charge on any atom is -0.762 e. The molecule has 0 aliphatic carbocycles. The molecule has 0 fully saturated rings. The first-order valence-electron chi connectivity index (χ1n) is 6.61. The van der Waals surface area contributed by atoms with E-state index in [0.29, 0.717) is 0 Å². The molecule has 0 amide bonds. The van der Waals surface area contributed by atoms with Gasteiger partial charge in [-0.1, -0.05) is 47.5 Å². The third-order valence-corrected chi connectivity index (χ3v) is 3.19. The molecular weight excluding hydrogens is 262 g/mol. The highest BCUT2D eigenvalue weighted by molar-refractivity contribution is 5.66. The Morgan fingerprint density at radius 3 is 1.48 bits per heavy atom. The zero-order valence-corrected chi connectivity index (χ0v) is 11.9. The Morgan fingerprint density at radius 1 is 0.762 bits per heavy atom. The Bertz CT molecular complexity index is 691. The maximum absolute atomic E-state index is 9.06. The average Bonchev–Trinajstić information content (AvgIpc) is 2.93. The predicted octanol–water partition coefficient (Wildman–Crippen LogP) is 4.42. The van der Waals surface area contributed by atoms with Gasteiger partial charge in [-0.3, -0.25) is 16.1 Å². The van der Waals surface area contributed by atoms with Crippen molar-refractivity contribution in [2.45, 2.75) is 13.8 Å². The first-order chi connectivity index (χ1) is 10.2. The number of hydrogen-bond donors (Lipinski definition) is 0. The molecule has 5 nitrogen and oxygen atoms in total. The zero-order chi connectivity index (χ0) is 14.8. The van der Waals surface area contributed by atoms with Crippen molar-refractivity contribution in [2.75, 3.05) is 0 Å². The smallest absolute Gasteiger partial charge is 0.0564 e. The molecule has 104 valence electrons. The number of azo groups is 1. The SMILES string of the molecule is Cc1ccc([N+]2=[N+](c3ccc(C)cc3)[N-]C(=C=[N-])[N-]2)cc1. The number of benzene rings is 2. The molecule has 0 radical (unpaired) electrons. The molecule has 0 N–H and O–H groups in total. The van der Waals surface area contributed by atoms with E-state index >= 15 is 0 Å². The summed E-state index contributed by atoms with van der Waals surface area (Å²) in [7, 11) is 0. The molecule has 2 aromatic carbocycles. The summed E-state index contributed by atoms with van der Waals surface area (Å²) in [4.78, 5) is 3.26. The largest absolute Gasteiger partial charge is 0.762 e. The van der Waals surface area contributed by atoms with Crippen LogP contribution < -0.4 is 0 Å². The highest BCUT2D eigenvalue weighted by Crippen LogP contribution is 2.33. The van der Waals surface area contributed by atoms with Crippen molar-refractivity contribution in [1.29, 1.82) is 0 Å². The molecule has 0 bridgehead atoms. The number of rotatable bonds is 2. The lowest BCUT2D eigenvalue weighted by Gasteiger charge is -2.21. The van der Waals surface area contributed by atoms with Crippen LogP contribution in [0.1, 0.15) is 11.1 Å². The van der Waals surface area contributed by atoms with Crippen molar-refractivity contribution in [3.8, 4) is 0 Å². The fraction of sp³-hybridized carbons (Fsp3) is 0.125. The number of hydrogen-bond acceptors (Lipinski definition) is 0. The van der Waals surface area contributed by atoms with Crippen molar-refractivity contribution in [3.63, 3.8) is 0 Å². The molecular formula is C16H14N5-. The van der Waals surface area contributed by atoms with Gasteiger partial charge in [-0.15, -0.1) is 0 Å². The molecule has 0 unspecified atom stereocenters. The molecule has 0 spiro atoms. The molecule has 1 heterocycles. The highest BCUT2D eigenvalue weighted by atomic mass is 15.8. The van der Waals surface area contributed by atoms with Crippen molar-refractivity contribution in [1.82, 2.24) is 0 Å². The van der Waals surface area contributed by atoms with Crippen LogP contribution >= 0.6 is 0 Å². The van der Waals surface area contributed by atoms with Gasteiger partial charge < -0.3 is 15.6 Å². The highest BCUT2D eigenvalue weighted by Gasteiger charge is 2.07. The molecule has 0 atom stereocenters. The van der Waals surface area contributed by atoms with Crippen LogP contribution in [-0.2, 0) is 0 Å². The predicted molar refractivity (Wildman–Crippen MR) is 80.8 cm³/mol. The summed E-state index contributed by atoms with van der Waals surface area (Å²) in [5.74, 6) is 2.12. The molecule has 0 aromatic heterocycles. The second-order valence-corrected chi connectivity index (χ2v) is 4.89. The topological polar surface area (TPSA) is 56.5 Å². The van der Waals surface area contributed by atoms with E-state index < -0.39 is 0 Å². The minimum atomic E-state index is 0.135. The summed E-state index contributed by atoms with van der Waals surface area (Å²) in [6.45, 7) is 4.06. The third kappa shape index (κ3) is 2.55. The number of aryl methyl sites for hydroxylation is 2. The second-order valence-electron chi connectivity index (χ2n) is 4.89. The molecule has 1 aliphatic heterocycles. The second kappa shape index (κ2) is 5.23. The first kappa shape index (κ1) is 13.1. The van der Waals surface area contributed by atoms with Crippen LogP contribution in [-0.4, -0.2) is 15.5 Å². The van der Waals surface area contributed by atoms with E-state index in [1.165, 1.54) is 11.1 Å². The lowest BCUT2D eigenvalue weighted by molar-refractivity contribution is -0.897. The molecule has 21 heavy (non-hydrogen) atoms. The Balaban J connectivity index is 2.11. The van der Waals surface area contributed by atoms with E-state index in [2.05, 4.69) is 10.9 Å².